The second-order valence-corrected chi connectivity index (χ2v) is 5.38. The van der Waals surface area contributed by atoms with Gasteiger partial charge in [0.1, 0.15) is 17.1 Å². The molecule has 1 aromatic heterocycles. The zero-order valence-electron chi connectivity index (χ0n) is 13.9. The largest absolute Gasteiger partial charge is 0.491 e. The van der Waals surface area contributed by atoms with Crippen LogP contribution in [0.15, 0.2) is 36.7 Å². The third-order valence-electron chi connectivity index (χ3n) is 3.10. The number of carbonyl (C=O) groups is 1. The maximum Gasteiger partial charge on any atom is 0.341 e. The summed E-state index contributed by atoms with van der Waals surface area (Å²) in [6, 6.07) is 7.59. The molecule has 2 rings (SSSR count). The highest BCUT2D eigenvalue weighted by Crippen LogP contribution is 2.21. The van der Waals surface area contributed by atoms with Gasteiger partial charge in [0.15, 0.2) is 0 Å². The molecule has 0 saturated heterocycles. The summed E-state index contributed by atoms with van der Waals surface area (Å²) in [5, 5.41) is 0. The highest BCUT2D eigenvalue weighted by Gasteiger charge is 2.17. The first-order valence-electron chi connectivity index (χ1n) is 7.64. The maximum absolute atomic E-state index is 12.3. The Hall–Kier alpha value is -2.56. The van der Waals surface area contributed by atoms with Gasteiger partial charge in [0, 0.05) is 19.4 Å². The second-order valence-electron chi connectivity index (χ2n) is 5.38. The Labute approximate surface area is 136 Å². The fourth-order valence-corrected chi connectivity index (χ4v) is 2.17. The monoisotopic (exact) mass is 314 g/mol. The van der Waals surface area contributed by atoms with E-state index < -0.39 is 5.97 Å². The van der Waals surface area contributed by atoms with Crippen LogP contribution in [-0.4, -0.2) is 28.2 Å². The molecule has 0 radical (unpaired) electrons. The summed E-state index contributed by atoms with van der Waals surface area (Å²) in [6.45, 7) is 6.04. The van der Waals surface area contributed by atoms with Crippen molar-refractivity contribution in [1.82, 2.24) is 9.55 Å². The maximum atomic E-state index is 12.3. The molecular weight excluding hydrogens is 292 g/mol. The number of hydrogen-bond donors (Lipinski definition) is 0. The van der Waals surface area contributed by atoms with Gasteiger partial charge in [-0.3, -0.25) is 0 Å². The Morgan fingerprint density at radius 1 is 1.39 bits per heavy atom. The minimum absolute atomic E-state index is 0.0910. The van der Waals surface area contributed by atoms with Crippen molar-refractivity contribution in [3.63, 3.8) is 0 Å². The lowest BCUT2D eigenvalue weighted by Crippen LogP contribution is -2.10. The number of aryl methyl sites for hydroxylation is 1. The number of rotatable bonds is 6. The van der Waals surface area contributed by atoms with Crippen molar-refractivity contribution < 1.29 is 14.3 Å². The number of aromatic nitrogens is 2. The van der Waals surface area contributed by atoms with Crippen molar-refractivity contribution >= 4 is 17.6 Å². The molecule has 0 aliphatic heterocycles. The second kappa shape index (κ2) is 7.63. The lowest BCUT2D eigenvalue weighted by atomic mass is 10.1. The minimum atomic E-state index is -0.392. The van der Waals surface area contributed by atoms with Gasteiger partial charge < -0.3 is 14.0 Å². The number of ether oxygens (including phenoxy) is 2. The number of hydrogen-bond acceptors (Lipinski definition) is 4. The van der Waals surface area contributed by atoms with E-state index in [9.17, 15) is 4.79 Å². The Morgan fingerprint density at radius 2 is 2.17 bits per heavy atom. The Balaban J connectivity index is 2.41. The number of benzene rings is 1. The van der Waals surface area contributed by atoms with Crippen LogP contribution in [0, 0.1) is 0 Å². The Morgan fingerprint density at radius 3 is 2.78 bits per heavy atom. The van der Waals surface area contributed by atoms with E-state index in [4.69, 9.17) is 9.47 Å². The fraction of sp³-hybridized carbons (Fsp3) is 0.333. The molecule has 23 heavy (non-hydrogen) atoms. The van der Waals surface area contributed by atoms with Crippen LogP contribution < -0.4 is 4.74 Å². The van der Waals surface area contributed by atoms with E-state index in [1.54, 1.807) is 30.0 Å². The zero-order valence-corrected chi connectivity index (χ0v) is 13.9. The van der Waals surface area contributed by atoms with Crippen molar-refractivity contribution in [2.75, 3.05) is 6.61 Å². The highest BCUT2D eigenvalue weighted by molar-refractivity contribution is 6.20. The predicted octanol–water partition coefficient (Wildman–Crippen LogP) is 3.31. The smallest absolute Gasteiger partial charge is 0.341 e. The third-order valence-corrected chi connectivity index (χ3v) is 3.10. The topological polar surface area (TPSA) is 53.4 Å². The van der Waals surface area contributed by atoms with Crippen LogP contribution in [0.5, 0.6) is 5.75 Å². The van der Waals surface area contributed by atoms with Crippen LogP contribution in [0.3, 0.4) is 0 Å². The van der Waals surface area contributed by atoms with Crippen LogP contribution in [0.25, 0.3) is 11.6 Å². The normalized spacial score (nSPS) is 11.6. The van der Waals surface area contributed by atoms with Crippen LogP contribution in [0.1, 0.15) is 32.2 Å². The zero-order chi connectivity index (χ0) is 16.8. The fourth-order valence-electron chi connectivity index (χ4n) is 2.17. The van der Waals surface area contributed by atoms with E-state index in [0.29, 0.717) is 18.0 Å². The van der Waals surface area contributed by atoms with Crippen LogP contribution in [-0.2, 0) is 16.6 Å². The molecule has 0 atom stereocenters. The van der Waals surface area contributed by atoms with Gasteiger partial charge in [0.2, 0.25) is 0 Å². The molecule has 5 nitrogen and oxygen atoms in total. The minimum Gasteiger partial charge on any atom is -0.491 e. The van der Waals surface area contributed by atoms with E-state index in [2.05, 4.69) is 4.98 Å². The summed E-state index contributed by atoms with van der Waals surface area (Å²) in [4.78, 5) is 16.5. The summed E-state index contributed by atoms with van der Waals surface area (Å²) in [5.74, 6) is 0.937. The lowest BCUT2D eigenvalue weighted by Gasteiger charge is -2.11. The Bertz CT molecular complexity index is 702. The molecule has 122 valence electrons. The molecular formula is C18H22N2O3. The first-order chi connectivity index (χ1) is 11.0. The van der Waals surface area contributed by atoms with Gasteiger partial charge in [0.05, 0.1) is 12.7 Å². The number of imidazole rings is 1. The highest BCUT2D eigenvalue weighted by atomic mass is 16.5. The molecule has 0 N–H and O–H groups in total. The average Bonchev–Trinajstić information content (AvgIpc) is 2.90. The van der Waals surface area contributed by atoms with Crippen molar-refractivity contribution in [3.05, 3.63) is 48.0 Å². The third kappa shape index (κ3) is 4.45. The van der Waals surface area contributed by atoms with Crippen molar-refractivity contribution in [1.29, 1.82) is 0 Å². The molecule has 0 bridgehead atoms. The van der Waals surface area contributed by atoms with Gasteiger partial charge in [-0.05, 0) is 44.5 Å². The summed E-state index contributed by atoms with van der Waals surface area (Å²) < 4.78 is 12.6. The number of carbonyl (C=O) groups excluding carboxylic acids is 1. The average molecular weight is 314 g/mol. The molecule has 0 saturated carbocycles. The van der Waals surface area contributed by atoms with Crippen molar-refractivity contribution in [2.45, 2.75) is 26.9 Å². The molecule has 5 heteroatoms. The Kier molecular flexibility index (Phi) is 5.57. The molecule has 0 amide bonds. The summed E-state index contributed by atoms with van der Waals surface area (Å²) >= 11 is 0. The molecule has 2 aromatic rings. The summed E-state index contributed by atoms with van der Waals surface area (Å²) in [7, 11) is 1.84. The van der Waals surface area contributed by atoms with Gasteiger partial charge in [-0.2, -0.15) is 0 Å². The van der Waals surface area contributed by atoms with Crippen molar-refractivity contribution in [2.24, 2.45) is 7.05 Å². The molecule has 0 aliphatic rings. The number of nitrogens with zero attached hydrogens (tertiary/aromatic N) is 2. The van der Waals surface area contributed by atoms with E-state index in [-0.39, 0.29) is 6.10 Å². The van der Waals surface area contributed by atoms with Gasteiger partial charge in [0.25, 0.3) is 0 Å². The van der Waals surface area contributed by atoms with Gasteiger partial charge in [-0.25, -0.2) is 9.78 Å². The quantitative estimate of drug-likeness (QED) is 0.606. The number of esters is 1. The van der Waals surface area contributed by atoms with E-state index in [1.165, 1.54) is 0 Å². The van der Waals surface area contributed by atoms with E-state index in [0.717, 1.165) is 11.3 Å². The first kappa shape index (κ1) is 16.8. The first-order valence-corrected chi connectivity index (χ1v) is 7.64. The standard InChI is InChI=1S/C18H22N2O3/c1-5-22-18(21)16(17-19-9-10-20(17)4)12-14-7-6-8-15(11-14)23-13(2)3/h6-13H,5H2,1-4H3/b16-12+. The molecule has 0 spiro atoms. The van der Waals surface area contributed by atoms with Crippen molar-refractivity contribution in [3.8, 4) is 5.75 Å². The van der Waals surface area contributed by atoms with Gasteiger partial charge in [-0.1, -0.05) is 12.1 Å². The summed E-state index contributed by atoms with van der Waals surface area (Å²) in [5.41, 5.74) is 1.27. The predicted molar refractivity (Wildman–Crippen MR) is 89.9 cm³/mol. The molecule has 0 unspecified atom stereocenters. The lowest BCUT2D eigenvalue weighted by molar-refractivity contribution is -0.136. The van der Waals surface area contributed by atoms with Crippen LogP contribution in [0.2, 0.25) is 0 Å². The van der Waals surface area contributed by atoms with E-state index >= 15 is 0 Å². The molecule has 0 fully saturated rings. The molecule has 1 aromatic carbocycles. The van der Waals surface area contributed by atoms with Crippen LogP contribution in [0.4, 0.5) is 0 Å². The van der Waals surface area contributed by atoms with Gasteiger partial charge >= 0.3 is 5.97 Å². The summed E-state index contributed by atoms with van der Waals surface area (Å²) in [6.07, 6.45) is 5.31. The molecule has 0 aliphatic carbocycles. The molecule has 1 heterocycles. The van der Waals surface area contributed by atoms with Crippen LogP contribution >= 0.6 is 0 Å². The SMILES string of the molecule is CCOC(=O)/C(=C/c1cccc(OC(C)C)c1)c1nccn1C. The van der Waals surface area contributed by atoms with E-state index in [1.807, 2.05) is 45.2 Å². The van der Waals surface area contributed by atoms with Gasteiger partial charge in [-0.15, -0.1) is 0 Å².